The molecule has 1 aromatic carbocycles. The molecule has 0 spiro atoms. The van der Waals surface area contributed by atoms with Crippen molar-refractivity contribution in [2.45, 2.75) is 13.5 Å². The van der Waals surface area contributed by atoms with Crippen molar-refractivity contribution in [3.63, 3.8) is 0 Å². The summed E-state index contributed by atoms with van der Waals surface area (Å²) < 4.78 is 6.46. The molecule has 2 rings (SSSR count). The predicted octanol–water partition coefficient (Wildman–Crippen LogP) is 2.15. The maximum Gasteiger partial charge on any atom is 0.360 e. The largest absolute Gasteiger partial charge is 0.461 e. The SMILES string of the molecule is C=Cc1ccc(Cn2cc(C(=O)OCC)nn2)cc1. The first kappa shape index (κ1) is 13.0. The van der Waals surface area contributed by atoms with Crippen LogP contribution < -0.4 is 0 Å². The zero-order valence-electron chi connectivity index (χ0n) is 10.7. The molecule has 5 nitrogen and oxygen atoms in total. The van der Waals surface area contributed by atoms with E-state index in [1.807, 2.05) is 24.3 Å². The summed E-state index contributed by atoms with van der Waals surface area (Å²) in [5.41, 5.74) is 2.37. The summed E-state index contributed by atoms with van der Waals surface area (Å²) in [5, 5.41) is 7.69. The Labute approximate surface area is 111 Å². The molecule has 0 aliphatic carbocycles. The normalized spacial score (nSPS) is 10.2. The summed E-state index contributed by atoms with van der Waals surface area (Å²) in [6.07, 6.45) is 3.37. The highest BCUT2D eigenvalue weighted by Crippen LogP contribution is 2.07. The first-order valence-corrected chi connectivity index (χ1v) is 6.01. The fourth-order valence-corrected chi connectivity index (χ4v) is 1.62. The highest BCUT2D eigenvalue weighted by atomic mass is 16.5. The second kappa shape index (κ2) is 5.95. The van der Waals surface area contributed by atoms with Crippen LogP contribution in [0.25, 0.3) is 6.08 Å². The summed E-state index contributed by atoms with van der Waals surface area (Å²) in [7, 11) is 0. The van der Waals surface area contributed by atoms with E-state index >= 15 is 0 Å². The Morgan fingerprint density at radius 1 is 1.42 bits per heavy atom. The smallest absolute Gasteiger partial charge is 0.360 e. The molecule has 0 aliphatic heterocycles. The molecule has 1 heterocycles. The van der Waals surface area contributed by atoms with Crippen molar-refractivity contribution >= 4 is 12.0 Å². The fraction of sp³-hybridized carbons (Fsp3) is 0.214. The van der Waals surface area contributed by atoms with Gasteiger partial charge in [-0.15, -0.1) is 5.10 Å². The summed E-state index contributed by atoms with van der Waals surface area (Å²) in [6.45, 7) is 6.35. The van der Waals surface area contributed by atoms with Gasteiger partial charge in [-0.3, -0.25) is 0 Å². The molecule has 0 amide bonds. The maximum absolute atomic E-state index is 11.4. The van der Waals surface area contributed by atoms with E-state index in [-0.39, 0.29) is 5.69 Å². The molecule has 0 unspecified atom stereocenters. The van der Waals surface area contributed by atoms with Crippen LogP contribution in [0.4, 0.5) is 0 Å². The molecule has 0 atom stereocenters. The van der Waals surface area contributed by atoms with Crippen LogP contribution in [0.1, 0.15) is 28.5 Å². The Morgan fingerprint density at radius 2 is 2.16 bits per heavy atom. The number of carbonyl (C=O) groups excluding carboxylic acids is 1. The van der Waals surface area contributed by atoms with Crippen molar-refractivity contribution < 1.29 is 9.53 Å². The van der Waals surface area contributed by atoms with Gasteiger partial charge in [0, 0.05) is 0 Å². The fourth-order valence-electron chi connectivity index (χ4n) is 1.62. The third-order valence-electron chi connectivity index (χ3n) is 2.58. The van der Waals surface area contributed by atoms with Crippen molar-refractivity contribution in [2.24, 2.45) is 0 Å². The lowest BCUT2D eigenvalue weighted by Gasteiger charge is -2.01. The van der Waals surface area contributed by atoms with Gasteiger partial charge >= 0.3 is 5.97 Å². The number of benzene rings is 1. The second-order valence-electron chi connectivity index (χ2n) is 3.97. The van der Waals surface area contributed by atoms with Crippen molar-refractivity contribution in [2.75, 3.05) is 6.61 Å². The van der Waals surface area contributed by atoms with Crippen molar-refractivity contribution in [1.82, 2.24) is 15.0 Å². The highest BCUT2D eigenvalue weighted by Gasteiger charge is 2.11. The summed E-state index contributed by atoms with van der Waals surface area (Å²) in [6, 6.07) is 7.93. The minimum Gasteiger partial charge on any atom is -0.461 e. The Bertz CT molecular complexity index is 573. The molecular weight excluding hydrogens is 242 g/mol. The number of nitrogens with zero attached hydrogens (tertiary/aromatic N) is 3. The van der Waals surface area contributed by atoms with E-state index in [0.29, 0.717) is 13.2 Å². The minimum atomic E-state index is -0.448. The van der Waals surface area contributed by atoms with Crippen LogP contribution in [0.15, 0.2) is 37.0 Å². The van der Waals surface area contributed by atoms with E-state index in [1.165, 1.54) is 0 Å². The van der Waals surface area contributed by atoms with Gasteiger partial charge in [-0.05, 0) is 18.1 Å². The molecule has 0 saturated heterocycles. The number of hydrogen-bond donors (Lipinski definition) is 0. The molecule has 0 bridgehead atoms. The summed E-state index contributed by atoms with van der Waals surface area (Å²) in [5.74, 6) is -0.448. The molecule has 5 heteroatoms. The van der Waals surface area contributed by atoms with Crippen LogP contribution in [-0.4, -0.2) is 27.6 Å². The lowest BCUT2D eigenvalue weighted by molar-refractivity contribution is 0.0519. The van der Waals surface area contributed by atoms with Gasteiger partial charge < -0.3 is 4.74 Å². The zero-order valence-corrected chi connectivity index (χ0v) is 10.7. The van der Waals surface area contributed by atoms with E-state index in [4.69, 9.17) is 4.74 Å². The maximum atomic E-state index is 11.4. The molecule has 2 aromatic rings. The third-order valence-corrected chi connectivity index (χ3v) is 2.58. The van der Waals surface area contributed by atoms with E-state index in [9.17, 15) is 4.79 Å². The van der Waals surface area contributed by atoms with Gasteiger partial charge in [0.25, 0.3) is 0 Å². The molecule has 98 valence electrons. The number of hydrogen-bond acceptors (Lipinski definition) is 4. The lowest BCUT2D eigenvalue weighted by atomic mass is 10.1. The zero-order chi connectivity index (χ0) is 13.7. The van der Waals surface area contributed by atoms with Gasteiger partial charge in [-0.1, -0.05) is 42.1 Å². The quantitative estimate of drug-likeness (QED) is 0.770. The molecule has 0 N–H and O–H groups in total. The number of aromatic nitrogens is 3. The van der Waals surface area contributed by atoms with Crippen LogP contribution >= 0.6 is 0 Å². The van der Waals surface area contributed by atoms with Crippen LogP contribution in [0.3, 0.4) is 0 Å². The first-order chi connectivity index (χ1) is 9.22. The number of carbonyl (C=O) groups is 1. The second-order valence-corrected chi connectivity index (χ2v) is 3.97. The van der Waals surface area contributed by atoms with E-state index < -0.39 is 5.97 Å². The van der Waals surface area contributed by atoms with Crippen LogP contribution in [0, 0.1) is 0 Å². The number of ether oxygens (including phenoxy) is 1. The summed E-state index contributed by atoms with van der Waals surface area (Å²) >= 11 is 0. The molecule has 1 aromatic heterocycles. The Balaban J connectivity index is 2.06. The van der Waals surface area contributed by atoms with Gasteiger partial charge in [0.1, 0.15) is 0 Å². The van der Waals surface area contributed by atoms with E-state index in [2.05, 4.69) is 16.9 Å². The van der Waals surface area contributed by atoms with Crippen LogP contribution in [0.5, 0.6) is 0 Å². The predicted molar refractivity (Wildman–Crippen MR) is 71.6 cm³/mol. The standard InChI is InChI=1S/C14H15N3O2/c1-3-11-5-7-12(8-6-11)9-17-10-13(15-16-17)14(18)19-4-2/h3,5-8,10H,1,4,9H2,2H3. The minimum absolute atomic E-state index is 0.226. The Kier molecular flexibility index (Phi) is 4.07. The molecule has 0 saturated carbocycles. The summed E-state index contributed by atoms with van der Waals surface area (Å²) in [4.78, 5) is 11.4. The Morgan fingerprint density at radius 3 is 2.79 bits per heavy atom. The Hall–Kier alpha value is -2.43. The van der Waals surface area contributed by atoms with E-state index in [1.54, 1.807) is 23.9 Å². The van der Waals surface area contributed by atoms with Gasteiger partial charge in [0.15, 0.2) is 5.69 Å². The third kappa shape index (κ3) is 3.28. The van der Waals surface area contributed by atoms with Crippen LogP contribution in [0.2, 0.25) is 0 Å². The lowest BCUT2D eigenvalue weighted by Crippen LogP contribution is -2.05. The topological polar surface area (TPSA) is 57.0 Å². The van der Waals surface area contributed by atoms with Crippen molar-refractivity contribution in [3.8, 4) is 0 Å². The average molecular weight is 257 g/mol. The molecule has 0 fully saturated rings. The van der Waals surface area contributed by atoms with E-state index in [0.717, 1.165) is 11.1 Å². The van der Waals surface area contributed by atoms with Gasteiger partial charge in [0.2, 0.25) is 0 Å². The van der Waals surface area contributed by atoms with Gasteiger partial charge in [0.05, 0.1) is 19.3 Å². The average Bonchev–Trinajstić information content (AvgIpc) is 2.88. The van der Waals surface area contributed by atoms with Crippen LogP contribution in [-0.2, 0) is 11.3 Å². The molecule has 0 aliphatic rings. The molecular formula is C14H15N3O2. The van der Waals surface area contributed by atoms with Gasteiger partial charge in [-0.2, -0.15) is 0 Å². The van der Waals surface area contributed by atoms with Gasteiger partial charge in [-0.25, -0.2) is 9.48 Å². The van der Waals surface area contributed by atoms with Crippen molar-refractivity contribution in [1.29, 1.82) is 0 Å². The number of esters is 1. The van der Waals surface area contributed by atoms with Crippen molar-refractivity contribution in [3.05, 3.63) is 53.9 Å². The molecule has 0 radical (unpaired) electrons. The highest BCUT2D eigenvalue weighted by molar-refractivity contribution is 5.86. The number of rotatable bonds is 5. The first-order valence-electron chi connectivity index (χ1n) is 6.01. The monoisotopic (exact) mass is 257 g/mol. The molecule has 19 heavy (non-hydrogen) atoms.